The van der Waals surface area contributed by atoms with Crippen molar-refractivity contribution in [3.05, 3.63) is 59.7 Å². The Labute approximate surface area is 127 Å². The summed E-state index contributed by atoms with van der Waals surface area (Å²) < 4.78 is 0. The smallest absolute Gasteiger partial charge is 0.0461 e. The molecule has 1 heterocycles. The van der Waals surface area contributed by atoms with Crippen LogP contribution in [0, 0.1) is 0 Å². The maximum Gasteiger partial charge on any atom is 0.0461 e. The largest absolute Gasteiger partial charge is 0.338 e. The van der Waals surface area contributed by atoms with E-state index >= 15 is 0 Å². The van der Waals surface area contributed by atoms with Gasteiger partial charge in [0.1, 0.15) is 0 Å². The fourth-order valence-corrected chi connectivity index (χ4v) is 3.28. The van der Waals surface area contributed by atoms with Crippen LogP contribution in [0.3, 0.4) is 0 Å². The maximum atomic E-state index is 3.37. The number of nitrogens with one attached hydrogen (secondary N) is 1. The van der Waals surface area contributed by atoms with Gasteiger partial charge in [-0.1, -0.05) is 36.4 Å². The van der Waals surface area contributed by atoms with E-state index in [1.54, 1.807) is 0 Å². The third kappa shape index (κ3) is 2.56. The monoisotopic (exact) mass is 280 g/mol. The molecule has 0 saturated heterocycles. The molecule has 0 aliphatic carbocycles. The van der Waals surface area contributed by atoms with Crippen molar-refractivity contribution in [2.24, 2.45) is 0 Å². The second-order valence-electron chi connectivity index (χ2n) is 5.96. The van der Waals surface area contributed by atoms with E-state index in [0.29, 0.717) is 12.1 Å². The lowest BCUT2D eigenvalue weighted by molar-refractivity contribution is 0.605. The molecule has 0 bridgehead atoms. The molecule has 0 amide bonds. The van der Waals surface area contributed by atoms with Crippen LogP contribution in [0.4, 0.5) is 11.4 Å². The third-order valence-electron chi connectivity index (χ3n) is 4.62. The summed E-state index contributed by atoms with van der Waals surface area (Å²) in [6.07, 6.45) is 2.39. The predicted octanol–water partition coefficient (Wildman–Crippen LogP) is 4.44. The van der Waals surface area contributed by atoms with Crippen molar-refractivity contribution in [2.45, 2.75) is 38.8 Å². The molecule has 1 aliphatic rings. The summed E-state index contributed by atoms with van der Waals surface area (Å²) in [5, 5.41) is 3.37. The van der Waals surface area contributed by atoms with Crippen molar-refractivity contribution in [3.63, 3.8) is 0 Å². The highest BCUT2D eigenvalue weighted by Gasteiger charge is 2.26. The van der Waals surface area contributed by atoms with Crippen molar-refractivity contribution in [3.8, 4) is 0 Å². The number of hydrogen-bond donors (Lipinski definition) is 1. The molecule has 1 N–H and O–H groups in total. The number of benzene rings is 2. The second-order valence-corrected chi connectivity index (χ2v) is 5.96. The topological polar surface area (TPSA) is 15.3 Å². The minimum absolute atomic E-state index is 0.350. The Morgan fingerprint density at radius 1 is 1.05 bits per heavy atom. The Morgan fingerprint density at radius 3 is 2.48 bits per heavy atom. The minimum Gasteiger partial charge on any atom is -0.338 e. The van der Waals surface area contributed by atoms with Crippen molar-refractivity contribution < 1.29 is 0 Å². The maximum absolute atomic E-state index is 3.37. The van der Waals surface area contributed by atoms with Gasteiger partial charge in [-0.15, -0.1) is 0 Å². The lowest BCUT2D eigenvalue weighted by Gasteiger charge is -2.39. The van der Waals surface area contributed by atoms with Crippen LogP contribution in [-0.2, 0) is 6.42 Å². The average molecular weight is 280 g/mol. The fraction of sp³-hybridized carbons (Fsp3) is 0.368. The van der Waals surface area contributed by atoms with E-state index in [0.717, 1.165) is 0 Å². The highest BCUT2D eigenvalue weighted by atomic mass is 15.2. The Balaban J connectivity index is 2.12. The average Bonchev–Trinajstić information content (AvgIpc) is 2.54. The van der Waals surface area contributed by atoms with Gasteiger partial charge in [-0.05, 0) is 57.0 Å². The molecule has 2 atom stereocenters. The predicted molar refractivity (Wildman–Crippen MR) is 90.3 cm³/mol. The SMILES string of the molecule is CNC(C)c1ccccc1N1c2ccccc2CCC1C. The summed E-state index contributed by atoms with van der Waals surface area (Å²) in [6.45, 7) is 4.55. The molecular weight excluding hydrogens is 256 g/mol. The summed E-state index contributed by atoms with van der Waals surface area (Å²) >= 11 is 0. The number of nitrogens with zero attached hydrogens (tertiary/aromatic N) is 1. The molecule has 2 aromatic rings. The van der Waals surface area contributed by atoms with Crippen molar-refractivity contribution >= 4 is 11.4 Å². The van der Waals surface area contributed by atoms with E-state index in [9.17, 15) is 0 Å². The van der Waals surface area contributed by atoms with E-state index in [2.05, 4.69) is 72.6 Å². The van der Waals surface area contributed by atoms with Crippen LogP contribution in [0.2, 0.25) is 0 Å². The van der Waals surface area contributed by atoms with E-state index in [1.165, 1.54) is 35.3 Å². The number of rotatable bonds is 3. The Hall–Kier alpha value is -1.80. The van der Waals surface area contributed by atoms with Gasteiger partial charge >= 0.3 is 0 Å². The lowest BCUT2D eigenvalue weighted by atomic mass is 9.94. The molecule has 0 saturated carbocycles. The molecule has 2 aromatic carbocycles. The molecule has 21 heavy (non-hydrogen) atoms. The number of hydrogen-bond acceptors (Lipinski definition) is 2. The van der Waals surface area contributed by atoms with Crippen LogP contribution < -0.4 is 10.2 Å². The van der Waals surface area contributed by atoms with Crippen molar-refractivity contribution in [1.29, 1.82) is 0 Å². The Bertz CT molecular complexity index is 620. The molecule has 2 heteroatoms. The molecule has 0 aromatic heterocycles. The van der Waals surface area contributed by atoms with Gasteiger partial charge in [0.15, 0.2) is 0 Å². The zero-order chi connectivity index (χ0) is 14.8. The van der Waals surface area contributed by atoms with Crippen LogP contribution in [0.5, 0.6) is 0 Å². The summed E-state index contributed by atoms with van der Waals surface area (Å²) in [6, 6.07) is 18.5. The summed E-state index contributed by atoms with van der Waals surface area (Å²) in [7, 11) is 2.02. The normalized spacial score (nSPS) is 19.2. The number of anilines is 2. The highest BCUT2D eigenvalue weighted by molar-refractivity contribution is 5.71. The first-order valence-electron chi connectivity index (χ1n) is 7.85. The van der Waals surface area contributed by atoms with E-state index in [4.69, 9.17) is 0 Å². The van der Waals surface area contributed by atoms with E-state index in [-0.39, 0.29) is 0 Å². The van der Waals surface area contributed by atoms with Gasteiger partial charge in [-0.2, -0.15) is 0 Å². The second kappa shape index (κ2) is 5.90. The Morgan fingerprint density at radius 2 is 1.71 bits per heavy atom. The number of fused-ring (bicyclic) bond motifs is 1. The zero-order valence-corrected chi connectivity index (χ0v) is 13.1. The molecule has 110 valence electrons. The zero-order valence-electron chi connectivity index (χ0n) is 13.1. The van der Waals surface area contributed by atoms with Gasteiger partial charge in [0.2, 0.25) is 0 Å². The van der Waals surface area contributed by atoms with Crippen LogP contribution >= 0.6 is 0 Å². The van der Waals surface area contributed by atoms with Crippen LogP contribution in [0.25, 0.3) is 0 Å². The number of aryl methyl sites for hydroxylation is 1. The molecule has 0 radical (unpaired) electrons. The molecule has 1 aliphatic heterocycles. The molecule has 2 unspecified atom stereocenters. The number of para-hydroxylation sites is 2. The van der Waals surface area contributed by atoms with Crippen LogP contribution in [0.15, 0.2) is 48.5 Å². The summed E-state index contributed by atoms with van der Waals surface area (Å²) in [5.74, 6) is 0. The van der Waals surface area contributed by atoms with Gasteiger partial charge in [-0.25, -0.2) is 0 Å². The lowest BCUT2D eigenvalue weighted by Crippen LogP contribution is -2.34. The first kappa shape index (κ1) is 14.2. The fourth-order valence-electron chi connectivity index (χ4n) is 3.28. The Kier molecular flexibility index (Phi) is 3.98. The summed E-state index contributed by atoms with van der Waals surface area (Å²) in [5.41, 5.74) is 5.53. The van der Waals surface area contributed by atoms with Gasteiger partial charge in [0, 0.05) is 23.5 Å². The van der Waals surface area contributed by atoms with Gasteiger partial charge < -0.3 is 10.2 Å². The molecule has 0 spiro atoms. The molecular formula is C19H24N2. The minimum atomic E-state index is 0.350. The quantitative estimate of drug-likeness (QED) is 0.894. The standard InChI is InChI=1S/C19H24N2/c1-14-12-13-16-8-4-6-10-18(16)21(14)19-11-7-5-9-17(19)15(2)20-3/h4-11,14-15,20H,12-13H2,1-3H3. The van der Waals surface area contributed by atoms with Gasteiger partial charge in [0.25, 0.3) is 0 Å². The third-order valence-corrected chi connectivity index (χ3v) is 4.62. The van der Waals surface area contributed by atoms with Crippen molar-refractivity contribution in [1.82, 2.24) is 5.32 Å². The van der Waals surface area contributed by atoms with Gasteiger partial charge in [-0.3, -0.25) is 0 Å². The molecule has 3 rings (SSSR count). The van der Waals surface area contributed by atoms with Crippen molar-refractivity contribution in [2.75, 3.05) is 11.9 Å². The van der Waals surface area contributed by atoms with Crippen LogP contribution in [-0.4, -0.2) is 13.1 Å². The molecule has 2 nitrogen and oxygen atoms in total. The van der Waals surface area contributed by atoms with E-state index in [1.807, 2.05) is 7.05 Å². The highest BCUT2D eigenvalue weighted by Crippen LogP contribution is 2.39. The van der Waals surface area contributed by atoms with E-state index < -0.39 is 0 Å². The van der Waals surface area contributed by atoms with Gasteiger partial charge in [0.05, 0.1) is 0 Å². The first-order valence-corrected chi connectivity index (χ1v) is 7.85. The summed E-state index contributed by atoms with van der Waals surface area (Å²) in [4.78, 5) is 2.52. The first-order chi connectivity index (χ1) is 10.2. The molecule has 0 fully saturated rings. The van der Waals surface area contributed by atoms with Crippen LogP contribution in [0.1, 0.15) is 37.4 Å².